The largest absolute Gasteiger partial charge is 0.481 e. The van der Waals surface area contributed by atoms with Crippen molar-refractivity contribution in [2.75, 3.05) is 26.1 Å². The summed E-state index contributed by atoms with van der Waals surface area (Å²) in [5, 5.41) is 22.9. The number of aromatic nitrogens is 3. The number of halogens is 1. The van der Waals surface area contributed by atoms with Gasteiger partial charge in [0.2, 0.25) is 11.8 Å². The smallest absolute Gasteiger partial charge is 0.220 e. The lowest BCUT2D eigenvalue weighted by molar-refractivity contribution is 0.00812. The van der Waals surface area contributed by atoms with E-state index in [4.69, 9.17) is 20.4 Å². The van der Waals surface area contributed by atoms with Crippen LogP contribution in [0.1, 0.15) is 34.9 Å². The van der Waals surface area contributed by atoms with Gasteiger partial charge in [-0.1, -0.05) is 17.3 Å². The fourth-order valence-corrected chi connectivity index (χ4v) is 4.16. The van der Waals surface area contributed by atoms with Gasteiger partial charge in [-0.15, -0.1) is 0 Å². The maximum atomic E-state index is 14.3. The second-order valence-corrected chi connectivity index (χ2v) is 8.06. The number of nitrogens with zero attached hydrogens (tertiary/aromatic N) is 4. The molecule has 4 rings (SSSR count). The standard InChI is InChI=1S/C24H26FN5O4/c1-13-23-20(29-24(26)27-13)8-14(9-21(23)30-34-12-16(32)11-31)17-7-6-15(25)10-18(17)19-4-3-5-22(28-19)33-2/h3-7,10,14,16,31-32H,8-9,11-12H2,1-2H3,(H2,26,27,29)/t14-,16+/m1/s1. The second-order valence-electron chi connectivity index (χ2n) is 8.06. The SMILES string of the molecule is COc1cccc(-c2cc(F)ccc2[C@H]2CC(=NOC[C@@H](O)CO)c3c(C)nc(N)nc3C2)n1. The number of hydrogen-bond donors (Lipinski definition) is 3. The minimum absolute atomic E-state index is 0.130. The number of hydrogen-bond acceptors (Lipinski definition) is 9. The predicted octanol–water partition coefficient (Wildman–Crippen LogP) is 2.38. The summed E-state index contributed by atoms with van der Waals surface area (Å²) in [5.41, 5.74) is 10.7. The molecule has 0 aliphatic heterocycles. The summed E-state index contributed by atoms with van der Waals surface area (Å²) in [6.07, 6.45) is -0.0577. The van der Waals surface area contributed by atoms with Crippen molar-refractivity contribution in [3.63, 3.8) is 0 Å². The van der Waals surface area contributed by atoms with Crippen molar-refractivity contribution < 1.29 is 24.2 Å². The number of aliphatic hydroxyl groups is 2. The Morgan fingerprint density at radius 3 is 2.79 bits per heavy atom. The Bertz CT molecular complexity index is 1220. The van der Waals surface area contributed by atoms with Gasteiger partial charge in [0.1, 0.15) is 18.5 Å². The van der Waals surface area contributed by atoms with Crippen LogP contribution < -0.4 is 10.5 Å². The first-order valence-electron chi connectivity index (χ1n) is 10.8. The highest BCUT2D eigenvalue weighted by atomic mass is 19.1. The number of nitrogens with two attached hydrogens (primary N) is 1. The monoisotopic (exact) mass is 467 g/mol. The topological polar surface area (TPSA) is 136 Å². The van der Waals surface area contributed by atoms with E-state index in [1.807, 2.05) is 6.92 Å². The quantitative estimate of drug-likeness (QED) is 0.451. The Hall–Kier alpha value is -3.63. The van der Waals surface area contributed by atoms with E-state index in [-0.39, 0.29) is 24.3 Å². The van der Waals surface area contributed by atoms with Gasteiger partial charge in [0.15, 0.2) is 0 Å². The number of oxime groups is 1. The van der Waals surface area contributed by atoms with E-state index in [0.29, 0.717) is 47.1 Å². The zero-order valence-electron chi connectivity index (χ0n) is 18.9. The molecular formula is C24H26FN5O4. The van der Waals surface area contributed by atoms with Gasteiger partial charge < -0.3 is 25.5 Å². The van der Waals surface area contributed by atoms with E-state index in [2.05, 4.69) is 20.1 Å². The fraction of sp³-hybridized carbons (Fsp3) is 0.333. The number of benzene rings is 1. The number of anilines is 1. The molecule has 3 aromatic rings. The molecule has 0 amide bonds. The molecule has 1 aromatic carbocycles. The zero-order valence-corrected chi connectivity index (χ0v) is 18.9. The Morgan fingerprint density at radius 2 is 2.03 bits per heavy atom. The Morgan fingerprint density at radius 1 is 1.21 bits per heavy atom. The molecule has 2 atom stereocenters. The van der Waals surface area contributed by atoms with E-state index in [1.165, 1.54) is 19.2 Å². The Labute approximate surface area is 196 Å². The highest BCUT2D eigenvalue weighted by molar-refractivity contribution is 6.03. The molecule has 2 heterocycles. The van der Waals surface area contributed by atoms with Gasteiger partial charge in [-0.25, -0.2) is 19.3 Å². The lowest BCUT2D eigenvalue weighted by atomic mass is 9.79. The zero-order chi connectivity index (χ0) is 24.2. The number of pyridine rings is 1. The molecule has 0 saturated heterocycles. The van der Waals surface area contributed by atoms with Crippen molar-refractivity contribution >= 4 is 11.7 Å². The minimum Gasteiger partial charge on any atom is -0.481 e. The minimum atomic E-state index is -1.05. The van der Waals surface area contributed by atoms with Gasteiger partial charge in [-0.05, 0) is 43.0 Å². The number of aryl methyl sites for hydroxylation is 1. The first kappa shape index (κ1) is 23.5. The number of aliphatic hydroxyl groups excluding tert-OH is 2. The molecule has 0 radical (unpaired) electrons. The predicted molar refractivity (Wildman–Crippen MR) is 124 cm³/mol. The lowest BCUT2D eigenvalue weighted by Crippen LogP contribution is -2.25. The van der Waals surface area contributed by atoms with Gasteiger partial charge in [-0.2, -0.15) is 0 Å². The molecule has 2 aromatic heterocycles. The van der Waals surface area contributed by atoms with Crippen LogP contribution in [-0.2, 0) is 11.3 Å². The number of ether oxygens (including phenoxy) is 1. The fourth-order valence-electron chi connectivity index (χ4n) is 4.16. The second kappa shape index (κ2) is 10.1. The highest BCUT2D eigenvalue weighted by Crippen LogP contribution is 2.38. The normalized spacial score (nSPS) is 17.3. The third-order valence-corrected chi connectivity index (χ3v) is 5.67. The molecule has 0 unspecified atom stereocenters. The summed E-state index contributed by atoms with van der Waals surface area (Å²) in [5.74, 6) is 0.0738. The first-order valence-corrected chi connectivity index (χ1v) is 10.8. The van der Waals surface area contributed by atoms with E-state index < -0.39 is 12.7 Å². The molecular weight excluding hydrogens is 441 g/mol. The number of nitrogen functional groups attached to an aromatic ring is 1. The average molecular weight is 468 g/mol. The van der Waals surface area contributed by atoms with Gasteiger partial charge >= 0.3 is 0 Å². The molecule has 34 heavy (non-hydrogen) atoms. The maximum Gasteiger partial charge on any atom is 0.220 e. The molecule has 0 spiro atoms. The number of rotatable bonds is 7. The molecule has 1 aliphatic carbocycles. The summed E-state index contributed by atoms with van der Waals surface area (Å²) in [6.45, 7) is 1.22. The van der Waals surface area contributed by atoms with Crippen LogP contribution in [0.3, 0.4) is 0 Å². The van der Waals surface area contributed by atoms with Gasteiger partial charge in [0.05, 0.1) is 36.5 Å². The van der Waals surface area contributed by atoms with E-state index in [9.17, 15) is 9.50 Å². The van der Waals surface area contributed by atoms with Crippen molar-refractivity contribution in [3.8, 4) is 17.1 Å². The van der Waals surface area contributed by atoms with Crippen molar-refractivity contribution in [3.05, 3.63) is 64.7 Å². The third-order valence-electron chi connectivity index (χ3n) is 5.67. The van der Waals surface area contributed by atoms with E-state index in [0.717, 1.165) is 11.1 Å². The summed E-state index contributed by atoms with van der Waals surface area (Å²) in [7, 11) is 1.53. The lowest BCUT2D eigenvalue weighted by Gasteiger charge is -2.28. The summed E-state index contributed by atoms with van der Waals surface area (Å²) >= 11 is 0. The molecule has 1 aliphatic rings. The third kappa shape index (κ3) is 4.97. The highest BCUT2D eigenvalue weighted by Gasteiger charge is 2.31. The number of methoxy groups -OCH3 is 1. The molecule has 0 fully saturated rings. The maximum absolute atomic E-state index is 14.3. The number of fused-ring (bicyclic) bond motifs is 1. The van der Waals surface area contributed by atoms with Crippen LogP contribution in [0.2, 0.25) is 0 Å². The average Bonchev–Trinajstić information content (AvgIpc) is 2.83. The van der Waals surface area contributed by atoms with Crippen LogP contribution >= 0.6 is 0 Å². The van der Waals surface area contributed by atoms with E-state index >= 15 is 0 Å². The molecule has 0 saturated carbocycles. The van der Waals surface area contributed by atoms with Crippen LogP contribution in [0, 0.1) is 12.7 Å². The molecule has 4 N–H and O–H groups in total. The van der Waals surface area contributed by atoms with Crippen LogP contribution in [0.15, 0.2) is 41.6 Å². The Balaban J connectivity index is 1.77. The molecule has 9 nitrogen and oxygen atoms in total. The van der Waals surface area contributed by atoms with Crippen LogP contribution in [0.5, 0.6) is 5.88 Å². The summed E-state index contributed by atoms with van der Waals surface area (Å²) < 4.78 is 19.5. The van der Waals surface area contributed by atoms with Crippen LogP contribution in [0.4, 0.5) is 10.3 Å². The van der Waals surface area contributed by atoms with Crippen LogP contribution in [-0.4, -0.2) is 57.3 Å². The van der Waals surface area contributed by atoms with Crippen molar-refractivity contribution in [1.29, 1.82) is 0 Å². The van der Waals surface area contributed by atoms with Gasteiger partial charge in [-0.3, -0.25) is 0 Å². The molecule has 10 heteroatoms. The van der Waals surface area contributed by atoms with Gasteiger partial charge in [0.25, 0.3) is 0 Å². The van der Waals surface area contributed by atoms with Crippen molar-refractivity contribution in [2.45, 2.75) is 31.8 Å². The van der Waals surface area contributed by atoms with Crippen molar-refractivity contribution in [1.82, 2.24) is 15.0 Å². The molecule has 178 valence electrons. The van der Waals surface area contributed by atoms with Crippen LogP contribution in [0.25, 0.3) is 11.3 Å². The van der Waals surface area contributed by atoms with Gasteiger partial charge in [0, 0.05) is 23.6 Å². The Kier molecular flexibility index (Phi) is 6.99. The first-order chi connectivity index (χ1) is 16.4. The van der Waals surface area contributed by atoms with Crippen molar-refractivity contribution in [2.24, 2.45) is 5.16 Å². The van der Waals surface area contributed by atoms with E-state index in [1.54, 1.807) is 24.3 Å². The summed E-state index contributed by atoms with van der Waals surface area (Å²) in [4.78, 5) is 18.5. The summed E-state index contributed by atoms with van der Waals surface area (Å²) in [6, 6.07) is 9.94. The molecule has 0 bridgehead atoms.